The minimum atomic E-state index is -0.552. The normalized spacial score (nSPS) is 19.9. The van der Waals surface area contributed by atoms with Crippen LogP contribution in [0, 0.1) is 0 Å². The van der Waals surface area contributed by atoms with Crippen molar-refractivity contribution in [2.24, 2.45) is 0 Å². The maximum Gasteiger partial charge on any atom is 0.224 e. The van der Waals surface area contributed by atoms with Crippen LogP contribution >= 0.6 is 0 Å². The highest BCUT2D eigenvalue weighted by Crippen LogP contribution is 2.55. The number of fused-ring (bicyclic) bond motifs is 3. The van der Waals surface area contributed by atoms with Gasteiger partial charge in [-0.2, -0.15) is 0 Å². The van der Waals surface area contributed by atoms with Gasteiger partial charge in [-0.15, -0.1) is 0 Å². The number of nitrogens with zero attached hydrogens (tertiary/aromatic N) is 1. The summed E-state index contributed by atoms with van der Waals surface area (Å²) in [6.45, 7) is 6.73. The van der Waals surface area contributed by atoms with Crippen LogP contribution < -0.4 is 10.2 Å². The molecule has 3 radical (unpaired) electrons. The number of nitrogens with one attached hydrogen (secondary N) is 1. The summed E-state index contributed by atoms with van der Waals surface area (Å²) < 4.78 is 6.52. The van der Waals surface area contributed by atoms with Crippen molar-refractivity contribution in [1.29, 1.82) is 0 Å². The van der Waals surface area contributed by atoms with E-state index >= 15 is 0 Å². The average molecular weight is 494 g/mol. The molecule has 1 N–H and O–H groups in total. The second-order valence-electron chi connectivity index (χ2n) is 10.1. The molecule has 0 spiro atoms. The number of benzene rings is 3. The van der Waals surface area contributed by atoms with Gasteiger partial charge in [0.2, 0.25) is 5.91 Å². The summed E-state index contributed by atoms with van der Waals surface area (Å²) in [5.74, 6) is 0.0659. The van der Waals surface area contributed by atoms with Crippen LogP contribution in [0.25, 0.3) is 17.2 Å². The van der Waals surface area contributed by atoms with Crippen LogP contribution in [-0.4, -0.2) is 41.6 Å². The molecule has 3 aromatic carbocycles. The maximum absolute atomic E-state index is 12.4. The van der Waals surface area contributed by atoms with E-state index in [1.165, 1.54) is 22.4 Å². The van der Waals surface area contributed by atoms with E-state index in [1.54, 1.807) is 0 Å². The van der Waals surface area contributed by atoms with E-state index in [0.29, 0.717) is 19.6 Å². The zero-order valence-electron chi connectivity index (χ0n) is 21.1. The highest BCUT2D eigenvalue weighted by molar-refractivity contribution is 6.08. The molecule has 2 aliphatic rings. The Bertz CT molecular complexity index is 1250. The molecule has 183 valence electrons. The highest BCUT2D eigenvalue weighted by atomic mass is 28.1. The summed E-state index contributed by atoms with van der Waals surface area (Å²) in [5.41, 5.74) is 6.22. The molecule has 4 nitrogen and oxygen atoms in total. The van der Waals surface area contributed by atoms with Gasteiger partial charge >= 0.3 is 0 Å². The van der Waals surface area contributed by atoms with Crippen molar-refractivity contribution in [3.8, 4) is 11.1 Å². The molecule has 2 aliphatic heterocycles. The molecule has 0 bridgehead atoms. The van der Waals surface area contributed by atoms with Gasteiger partial charge in [0.05, 0.1) is 13.0 Å². The Morgan fingerprint density at radius 3 is 2.56 bits per heavy atom. The molecule has 5 heteroatoms. The van der Waals surface area contributed by atoms with E-state index in [1.807, 2.05) is 6.07 Å². The van der Waals surface area contributed by atoms with Crippen molar-refractivity contribution in [3.63, 3.8) is 0 Å². The first-order valence-corrected chi connectivity index (χ1v) is 13.5. The van der Waals surface area contributed by atoms with Crippen LogP contribution in [0.1, 0.15) is 37.0 Å². The Hall–Kier alpha value is -3.15. The Kier molecular flexibility index (Phi) is 6.87. The van der Waals surface area contributed by atoms with Gasteiger partial charge in [0, 0.05) is 34.4 Å². The van der Waals surface area contributed by atoms with Crippen LogP contribution in [-0.2, 0) is 21.4 Å². The smallest absolute Gasteiger partial charge is 0.224 e. The van der Waals surface area contributed by atoms with Gasteiger partial charge in [0.1, 0.15) is 0 Å². The number of ether oxygens (including phenoxy) is 1. The van der Waals surface area contributed by atoms with E-state index in [4.69, 9.17) is 4.74 Å². The zero-order chi connectivity index (χ0) is 25.2. The zero-order valence-corrected chi connectivity index (χ0v) is 22.1. The fraction of sp³-hybridized carbons (Fsp3) is 0.323. The first-order chi connectivity index (χ1) is 17.4. The van der Waals surface area contributed by atoms with Crippen molar-refractivity contribution in [2.45, 2.75) is 43.9 Å². The van der Waals surface area contributed by atoms with E-state index < -0.39 is 5.72 Å². The van der Waals surface area contributed by atoms with Crippen LogP contribution in [0.5, 0.6) is 0 Å². The van der Waals surface area contributed by atoms with Crippen molar-refractivity contribution in [2.75, 3.05) is 24.6 Å². The number of hydrogen-bond acceptors (Lipinski definition) is 3. The second-order valence-corrected chi connectivity index (χ2v) is 10.6. The van der Waals surface area contributed by atoms with E-state index in [2.05, 4.69) is 113 Å². The largest absolute Gasteiger partial charge is 0.356 e. The quantitative estimate of drug-likeness (QED) is 0.332. The number of carbonyl (C=O) groups excluding carboxylic acids is 1. The first kappa shape index (κ1) is 24.5. The molecule has 0 aliphatic carbocycles. The van der Waals surface area contributed by atoms with E-state index in [-0.39, 0.29) is 11.3 Å². The Morgan fingerprint density at radius 2 is 1.81 bits per heavy atom. The van der Waals surface area contributed by atoms with Crippen LogP contribution in [0.4, 0.5) is 5.69 Å². The summed E-state index contributed by atoms with van der Waals surface area (Å²) in [5, 5.41) is 3.00. The number of amides is 1. The summed E-state index contributed by atoms with van der Waals surface area (Å²) in [7, 11) is 3.46. The average Bonchev–Trinajstić information content (AvgIpc) is 3.40. The van der Waals surface area contributed by atoms with Gasteiger partial charge in [-0.3, -0.25) is 4.79 Å². The SMILES string of the molecule is CC1(C)c2cc(CC(=O)NCCC[Si])ccc2N2CCOC21/C=C/c1ccc(-c2ccccc2)cc1. The van der Waals surface area contributed by atoms with Crippen molar-refractivity contribution in [3.05, 3.63) is 95.6 Å². The molecule has 1 saturated heterocycles. The Balaban J connectivity index is 1.38. The third-order valence-corrected chi connectivity index (χ3v) is 7.87. The highest BCUT2D eigenvalue weighted by Gasteiger charge is 2.59. The van der Waals surface area contributed by atoms with Crippen LogP contribution in [0.15, 0.2) is 78.9 Å². The second kappa shape index (κ2) is 10.1. The molecule has 2 heterocycles. The number of anilines is 1. The Labute approximate surface area is 217 Å². The van der Waals surface area contributed by atoms with Gasteiger partial charge in [0.25, 0.3) is 0 Å². The van der Waals surface area contributed by atoms with Gasteiger partial charge < -0.3 is 15.0 Å². The first-order valence-electron chi connectivity index (χ1n) is 12.8. The lowest BCUT2D eigenvalue weighted by atomic mass is 9.76. The fourth-order valence-corrected chi connectivity index (χ4v) is 5.69. The van der Waals surface area contributed by atoms with Crippen molar-refractivity contribution < 1.29 is 9.53 Å². The van der Waals surface area contributed by atoms with Gasteiger partial charge in [-0.05, 0) is 46.4 Å². The molecule has 36 heavy (non-hydrogen) atoms. The molecule has 0 saturated carbocycles. The van der Waals surface area contributed by atoms with Crippen LogP contribution in [0.2, 0.25) is 6.04 Å². The molecule has 1 amide bonds. The minimum absolute atomic E-state index is 0.0659. The van der Waals surface area contributed by atoms with Crippen molar-refractivity contribution in [1.82, 2.24) is 5.32 Å². The standard InChI is InChI=1S/C31H33N2O2Si/c1-30(2)27-21-24(22-29(34)32-17-6-20-36)11-14-28(27)33-18-19-35-31(30,33)16-15-23-9-12-26(13-10-23)25-7-4-3-5-8-25/h3-5,7-16,21H,6,17-20,22H2,1-2H3,(H,32,34)/b16-15+. The summed E-state index contributed by atoms with van der Waals surface area (Å²) in [4.78, 5) is 14.8. The lowest BCUT2D eigenvalue weighted by Gasteiger charge is -2.39. The van der Waals surface area contributed by atoms with Crippen LogP contribution in [0.3, 0.4) is 0 Å². The molecular formula is C31H33N2O2Si. The fourth-order valence-electron chi connectivity index (χ4n) is 5.51. The molecule has 3 aromatic rings. The number of hydrogen-bond donors (Lipinski definition) is 1. The van der Waals surface area contributed by atoms with Crippen molar-refractivity contribution >= 4 is 27.9 Å². The predicted molar refractivity (Wildman–Crippen MR) is 148 cm³/mol. The van der Waals surface area contributed by atoms with Gasteiger partial charge in [0.15, 0.2) is 5.72 Å². The molecule has 5 rings (SSSR count). The monoisotopic (exact) mass is 493 g/mol. The summed E-state index contributed by atoms with van der Waals surface area (Å²) in [6, 6.07) is 26.4. The molecule has 1 unspecified atom stereocenters. The van der Waals surface area contributed by atoms with Gasteiger partial charge in [-0.1, -0.05) is 92.7 Å². The summed E-state index contributed by atoms with van der Waals surface area (Å²) in [6.07, 6.45) is 5.72. The molecular weight excluding hydrogens is 460 g/mol. The minimum Gasteiger partial charge on any atom is -0.356 e. The third-order valence-electron chi connectivity index (χ3n) is 7.52. The molecule has 0 aromatic heterocycles. The van der Waals surface area contributed by atoms with E-state index in [0.717, 1.165) is 30.1 Å². The van der Waals surface area contributed by atoms with Gasteiger partial charge in [-0.25, -0.2) is 0 Å². The molecule has 1 fully saturated rings. The predicted octanol–water partition coefficient (Wildman–Crippen LogP) is 5.53. The lowest BCUT2D eigenvalue weighted by molar-refractivity contribution is -0.120. The topological polar surface area (TPSA) is 41.6 Å². The third kappa shape index (κ3) is 4.42. The van der Waals surface area contributed by atoms with E-state index in [9.17, 15) is 4.79 Å². The number of rotatable bonds is 8. The Morgan fingerprint density at radius 1 is 1.06 bits per heavy atom. The molecule has 1 atom stereocenters. The number of carbonyl (C=O) groups is 1. The maximum atomic E-state index is 12.4. The summed E-state index contributed by atoms with van der Waals surface area (Å²) >= 11 is 0. The lowest BCUT2D eigenvalue weighted by Crippen LogP contribution is -2.51.